The SMILES string of the molecule is C=CC[C@@]1(Cn2ccnc2)Sc2cc(C(F)(F)F)c([N+](=O)[O-])cc2[C@@H]1O. The predicted octanol–water partition coefficient (Wildman–Crippen LogP) is 3.96. The molecular formula is C16H14F3N3O3S. The summed E-state index contributed by atoms with van der Waals surface area (Å²) >= 11 is 1.07. The summed E-state index contributed by atoms with van der Waals surface area (Å²) in [6.07, 6.45) is 0.558. The Morgan fingerprint density at radius 2 is 2.23 bits per heavy atom. The number of imidazole rings is 1. The van der Waals surface area contributed by atoms with E-state index in [1.165, 1.54) is 6.33 Å². The Kier molecular flexibility index (Phi) is 4.57. The first kappa shape index (κ1) is 18.5. The average Bonchev–Trinajstić information content (AvgIpc) is 3.13. The van der Waals surface area contributed by atoms with E-state index >= 15 is 0 Å². The number of nitro benzene ring substituents is 1. The molecule has 3 rings (SSSR count). The molecule has 26 heavy (non-hydrogen) atoms. The lowest BCUT2D eigenvalue weighted by Gasteiger charge is -2.31. The summed E-state index contributed by atoms with van der Waals surface area (Å²) in [4.78, 5) is 14.1. The van der Waals surface area contributed by atoms with E-state index in [0.29, 0.717) is 6.42 Å². The molecule has 0 aliphatic carbocycles. The van der Waals surface area contributed by atoms with Gasteiger partial charge in [0.2, 0.25) is 0 Å². The van der Waals surface area contributed by atoms with Crippen molar-refractivity contribution >= 4 is 17.4 Å². The third-order valence-electron chi connectivity index (χ3n) is 4.24. The topological polar surface area (TPSA) is 81.2 Å². The molecular weight excluding hydrogens is 371 g/mol. The first-order valence-corrected chi connectivity index (χ1v) is 8.33. The van der Waals surface area contributed by atoms with Crippen LogP contribution in [-0.2, 0) is 12.7 Å². The molecule has 0 saturated heterocycles. The highest BCUT2D eigenvalue weighted by Crippen LogP contribution is 2.57. The number of aromatic nitrogens is 2. The molecule has 10 heteroatoms. The van der Waals surface area contributed by atoms with E-state index in [4.69, 9.17) is 0 Å². The zero-order chi connectivity index (χ0) is 19.1. The molecule has 0 spiro atoms. The van der Waals surface area contributed by atoms with Gasteiger partial charge in [0.25, 0.3) is 5.69 Å². The van der Waals surface area contributed by atoms with Crippen molar-refractivity contribution in [3.8, 4) is 0 Å². The molecule has 1 N–H and O–H groups in total. The Bertz CT molecular complexity index is 854. The molecule has 2 atom stereocenters. The van der Waals surface area contributed by atoms with Gasteiger partial charge in [0.15, 0.2) is 0 Å². The van der Waals surface area contributed by atoms with Crippen molar-refractivity contribution in [3.63, 3.8) is 0 Å². The molecule has 0 amide bonds. The molecule has 1 aliphatic heterocycles. The second kappa shape index (κ2) is 6.44. The van der Waals surface area contributed by atoms with Crippen molar-refractivity contribution in [3.05, 3.63) is 64.7 Å². The van der Waals surface area contributed by atoms with Gasteiger partial charge in [0.05, 0.1) is 22.1 Å². The standard InChI is InChI=1S/C16H14F3N3O3S/c1-2-3-15(8-21-5-4-20-9-21)14(23)10-6-12(22(24)25)11(16(17,18)19)7-13(10)26-15/h2,4-7,9,14,23H,1,3,8H2/t14-,15-/m0/s1. The summed E-state index contributed by atoms with van der Waals surface area (Å²) < 4.78 is 40.4. The van der Waals surface area contributed by atoms with Gasteiger partial charge in [-0.05, 0) is 12.5 Å². The minimum Gasteiger partial charge on any atom is -0.387 e. The van der Waals surface area contributed by atoms with Crippen molar-refractivity contribution in [1.29, 1.82) is 0 Å². The normalized spacial score (nSPS) is 22.2. The number of allylic oxidation sites excluding steroid dienone is 1. The first-order chi connectivity index (χ1) is 12.2. The molecule has 0 radical (unpaired) electrons. The van der Waals surface area contributed by atoms with Crippen molar-refractivity contribution in [2.45, 2.75) is 34.9 Å². The Labute approximate surface area is 150 Å². The van der Waals surface area contributed by atoms with Gasteiger partial charge < -0.3 is 9.67 Å². The molecule has 1 aromatic carbocycles. The Hall–Kier alpha value is -2.33. The average molecular weight is 385 g/mol. The molecule has 138 valence electrons. The van der Waals surface area contributed by atoms with Crippen molar-refractivity contribution < 1.29 is 23.2 Å². The minimum atomic E-state index is -4.86. The molecule has 0 unspecified atom stereocenters. The summed E-state index contributed by atoms with van der Waals surface area (Å²) in [5.41, 5.74) is -2.26. The van der Waals surface area contributed by atoms with Crippen LogP contribution in [0.25, 0.3) is 0 Å². The summed E-state index contributed by atoms with van der Waals surface area (Å²) in [5.74, 6) is 0. The van der Waals surface area contributed by atoms with Crippen LogP contribution in [0.1, 0.15) is 23.7 Å². The maximum Gasteiger partial charge on any atom is 0.423 e. The lowest BCUT2D eigenvalue weighted by atomic mass is 9.91. The third kappa shape index (κ3) is 3.10. The van der Waals surface area contributed by atoms with E-state index < -0.39 is 33.2 Å². The van der Waals surface area contributed by atoms with Crippen molar-refractivity contribution in [1.82, 2.24) is 9.55 Å². The smallest absolute Gasteiger partial charge is 0.387 e. The monoisotopic (exact) mass is 385 g/mol. The highest BCUT2D eigenvalue weighted by Gasteiger charge is 2.49. The van der Waals surface area contributed by atoms with Crippen LogP contribution in [0.5, 0.6) is 0 Å². The maximum absolute atomic E-state index is 13.2. The number of halogens is 3. The van der Waals surface area contributed by atoms with Crippen LogP contribution in [0.4, 0.5) is 18.9 Å². The molecule has 2 heterocycles. The van der Waals surface area contributed by atoms with Gasteiger partial charge in [0.1, 0.15) is 5.56 Å². The van der Waals surface area contributed by atoms with Gasteiger partial charge in [-0.3, -0.25) is 10.1 Å². The molecule has 1 aromatic heterocycles. The number of thioether (sulfide) groups is 1. The number of alkyl halides is 3. The summed E-state index contributed by atoms with van der Waals surface area (Å²) in [6.45, 7) is 3.92. The molecule has 6 nitrogen and oxygen atoms in total. The second-order valence-electron chi connectivity index (χ2n) is 5.96. The molecule has 0 saturated carbocycles. The maximum atomic E-state index is 13.2. The van der Waals surface area contributed by atoms with Gasteiger partial charge >= 0.3 is 6.18 Å². The fourth-order valence-electron chi connectivity index (χ4n) is 3.09. The van der Waals surface area contributed by atoms with Crippen LogP contribution < -0.4 is 0 Å². The summed E-state index contributed by atoms with van der Waals surface area (Å²) in [6, 6.07) is 1.58. The lowest BCUT2D eigenvalue weighted by molar-refractivity contribution is -0.388. The lowest BCUT2D eigenvalue weighted by Crippen LogP contribution is -2.33. The second-order valence-corrected chi connectivity index (χ2v) is 7.42. The van der Waals surface area contributed by atoms with Crippen molar-refractivity contribution in [2.24, 2.45) is 0 Å². The Morgan fingerprint density at radius 3 is 2.77 bits per heavy atom. The van der Waals surface area contributed by atoms with Crippen LogP contribution in [0.3, 0.4) is 0 Å². The number of fused-ring (bicyclic) bond motifs is 1. The van der Waals surface area contributed by atoms with E-state index in [9.17, 15) is 28.4 Å². The van der Waals surface area contributed by atoms with Crippen LogP contribution in [0.2, 0.25) is 0 Å². The number of aliphatic hydroxyl groups excluding tert-OH is 1. The quantitative estimate of drug-likeness (QED) is 0.479. The fraction of sp³-hybridized carbons (Fsp3) is 0.312. The molecule has 1 aliphatic rings. The van der Waals surface area contributed by atoms with Gasteiger partial charge in [0, 0.05) is 35.5 Å². The fourth-order valence-corrected chi connectivity index (χ4v) is 4.65. The number of hydrogen-bond acceptors (Lipinski definition) is 5. The van der Waals surface area contributed by atoms with Crippen LogP contribution in [0, 0.1) is 10.1 Å². The predicted molar refractivity (Wildman–Crippen MR) is 88.7 cm³/mol. The van der Waals surface area contributed by atoms with E-state index in [1.807, 2.05) is 0 Å². The first-order valence-electron chi connectivity index (χ1n) is 7.51. The van der Waals surface area contributed by atoms with Gasteiger partial charge in [-0.1, -0.05) is 6.08 Å². The third-order valence-corrected chi connectivity index (χ3v) is 5.73. The highest BCUT2D eigenvalue weighted by atomic mass is 32.2. The van der Waals surface area contributed by atoms with Crippen LogP contribution in [-0.4, -0.2) is 24.3 Å². The van der Waals surface area contributed by atoms with Gasteiger partial charge in [-0.25, -0.2) is 4.98 Å². The molecule has 0 bridgehead atoms. The van der Waals surface area contributed by atoms with E-state index in [2.05, 4.69) is 11.6 Å². The summed E-state index contributed by atoms with van der Waals surface area (Å²) in [5, 5.41) is 21.9. The van der Waals surface area contributed by atoms with Gasteiger partial charge in [-0.2, -0.15) is 13.2 Å². The number of nitro groups is 1. The molecule has 2 aromatic rings. The summed E-state index contributed by atoms with van der Waals surface area (Å²) in [7, 11) is 0. The number of aliphatic hydroxyl groups is 1. The number of rotatable bonds is 5. The van der Waals surface area contributed by atoms with Crippen LogP contribution in [0.15, 0.2) is 48.4 Å². The number of nitrogens with zero attached hydrogens (tertiary/aromatic N) is 3. The highest BCUT2D eigenvalue weighted by molar-refractivity contribution is 8.01. The zero-order valence-corrected chi connectivity index (χ0v) is 14.1. The van der Waals surface area contributed by atoms with E-state index in [-0.39, 0.29) is 17.0 Å². The number of benzene rings is 1. The zero-order valence-electron chi connectivity index (χ0n) is 13.3. The van der Waals surface area contributed by atoms with E-state index in [0.717, 1.165) is 23.9 Å². The largest absolute Gasteiger partial charge is 0.423 e. The minimum absolute atomic E-state index is 0.122. The number of hydrogen-bond donors (Lipinski definition) is 1. The van der Waals surface area contributed by atoms with Gasteiger partial charge in [-0.15, -0.1) is 18.3 Å². The van der Waals surface area contributed by atoms with E-state index in [1.54, 1.807) is 23.0 Å². The Morgan fingerprint density at radius 1 is 1.50 bits per heavy atom. The van der Waals surface area contributed by atoms with Crippen molar-refractivity contribution in [2.75, 3.05) is 0 Å². The Balaban J connectivity index is 2.10. The molecule has 0 fully saturated rings. The van der Waals surface area contributed by atoms with Crippen LogP contribution >= 0.6 is 11.8 Å².